The Bertz CT molecular complexity index is 730. The van der Waals surface area contributed by atoms with Crippen LogP contribution in [-0.2, 0) is 16.0 Å². The molecule has 1 atom stereocenters. The summed E-state index contributed by atoms with van der Waals surface area (Å²) in [6.45, 7) is 3.82. The van der Waals surface area contributed by atoms with Gasteiger partial charge in [0.15, 0.2) is 11.5 Å². The second kappa shape index (κ2) is 9.73. The van der Waals surface area contributed by atoms with E-state index in [4.69, 9.17) is 14.2 Å². The van der Waals surface area contributed by atoms with Gasteiger partial charge in [0.1, 0.15) is 0 Å². The number of nitrogens with one attached hydrogen (secondary N) is 1. The van der Waals surface area contributed by atoms with Crippen molar-refractivity contribution >= 4 is 17.2 Å². The van der Waals surface area contributed by atoms with E-state index >= 15 is 0 Å². The van der Waals surface area contributed by atoms with E-state index in [0.29, 0.717) is 24.5 Å². The topological polar surface area (TPSA) is 60.0 Å². The molecule has 0 aliphatic carbocycles. The van der Waals surface area contributed by atoms with E-state index in [1.54, 1.807) is 25.6 Å². The lowest BCUT2D eigenvalue weighted by Gasteiger charge is -2.34. The van der Waals surface area contributed by atoms with Crippen molar-refractivity contribution in [2.24, 2.45) is 0 Å². The van der Waals surface area contributed by atoms with Crippen LogP contribution in [0.15, 0.2) is 35.0 Å². The Morgan fingerprint density at radius 3 is 2.67 bits per heavy atom. The molecule has 0 spiro atoms. The molecule has 0 bridgehead atoms. The molecule has 0 radical (unpaired) electrons. The lowest BCUT2D eigenvalue weighted by atomic mass is 10.1. The zero-order chi connectivity index (χ0) is 19.1. The van der Waals surface area contributed by atoms with Crippen LogP contribution in [0.3, 0.4) is 0 Å². The molecule has 1 N–H and O–H groups in total. The van der Waals surface area contributed by atoms with E-state index in [0.717, 1.165) is 31.9 Å². The molecule has 146 valence electrons. The highest BCUT2D eigenvalue weighted by molar-refractivity contribution is 7.07. The summed E-state index contributed by atoms with van der Waals surface area (Å²) in [4.78, 5) is 14.9. The monoisotopic (exact) mass is 390 g/mol. The summed E-state index contributed by atoms with van der Waals surface area (Å²) in [5, 5.41) is 7.33. The first-order chi connectivity index (χ1) is 13.2. The highest BCUT2D eigenvalue weighted by Gasteiger charge is 2.23. The lowest BCUT2D eigenvalue weighted by Crippen LogP contribution is -2.43. The van der Waals surface area contributed by atoms with Crippen molar-refractivity contribution in [1.82, 2.24) is 10.2 Å². The number of hydrogen-bond acceptors (Lipinski definition) is 6. The number of thiophene rings is 1. The Balaban J connectivity index is 1.60. The van der Waals surface area contributed by atoms with E-state index in [-0.39, 0.29) is 11.9 Å². The van der Waals surface area contributed by atoms with E-state index < -0.39 is 0 Å². The highest BCUT2D eigenvalue weighted by Crippen LogP contribution is 2.28. The van der Waals surface area contributed by atoms with Gasteiger partial charge in [0.25, 0.3) is 0 Å². The van der Waals surface area contributed by atoms with Crippen LogP contribution >= 0.6 is 11.3 Å². The van der Waals surface area contributed by atoms with Crippen molar-refractivity contribution < 1.29 is 19.0 Å². The summed E-state index contributed by atoms with van der Waals surface area (Å²) in [6.07, 6.45) is 0.305. The molecule has 1 fully saturated rings. The molecule has 2 heterocycles. The Morgan fingerprint density at radius 1 is 1.22 bits per heavy atom. The standard InChI is InChI=1S/C20H26N2O4S/c1-24-18-4-3-15(11-19(18)25-2)12-20(23)21-13-17(16-5-10-27-14-16)22-6-8-26-9-7-22/h3-5,10-11,14,17H,6-9,12-13H2,1-2H3,(H,21,23)/t17-/m1/s1. The number of nitrogens with zero attached hydrogens (tertiary/aromatic N) is 1. The van der Waals surface area contributed by atoms with Gasteiger partial charge < -0.3 is 19.5 Å². The molecule has 1 amide bonds. The molecule has 0 unspecified atom stereocenters. The maximum atomic E-state index is 12.5. The van der Waals surface area contributed by atoms with Gasteiger partial charge in [-0.1, -0.05) is 6.07 Å². The molecule has 3 rings (SSSR count). The molecular formula is C20H26N2O4S. The molecule has 1 aromatic carbocycles. The van der Waals surface area contributed by atoms with Gasteiger partial charge in [-0.2, -0.15) is 11.3 Å². The SMILES string of the molecule is COc1ccc(CC(=O)NC[C@H](c2ccsc2)N2CCOCC2)cc1OC. The zero-order valence-electron chi connectivity index (χ0n) is 15.8. The first-order valence-electron chi connectivity index (χ1n) is 9.02. The third kappa shape index (κ3) is 5.22. The molecular weight excluding hydrogens is 364 g/mol. The molecule has 1 aliphatic rings. The van der Waals surface area contributed by atoms with Crippen molar-refractivity contribution in [1.29, 1.82) is 0 Å². The Labute approximate surface area is 164 Å². The summed E-state index contributed by atoms with van der Waals surface area (Å²) in [5.41, 5.74) is 2.14. The second-order valence-electron chi connectivity index (χ2n) is 6.39. The first-order valence-corrected chi connectivity index (χ1v) is 9.97. The lowest BCUT2D eigenvalue weighted by molar-refractivity contribution is -0.120. The Hall–Kier alpha value is -2.09. The first kappa shape index (κ1) is 19.7. The van der Waals surface area contributed by atoms with Gasteiger partial charge in [0.2, 0.25) is 5.91 Å². The van der Waals surface area contributed by atoms with Gasteiger partial charge in [-0.15, -0.1) is 0 Å². The fourth-order valence-electron chi connectivity index (χ4n) is 3.26. The van der Waals surface area contributed by atoms with Crippen LogP contribution in [0, 0.1) is 0 Å². The van der Waals surface area contributed by atoms with E-state index in [9.17, 15) is 4.79 Å². The number of morpholine rings is 1. The fraction of sp³-hybridized carbons (Fsp3) is 0.450. The number of amides is 1. The van der Waals surface area contributed by atoms with Crippen LogP contribution in [-0.4, -0.2) is 57.9 Å². The zero-order valence-corrected chi connectivity index (χ0v) is 16.6. The van der Waals surface area contributed by atoms with Crippen LogP contribution in [0.5, 0.6) is 11.5 Å². The minimum atomic E-state index is -0.00397. The summed E-state index contributed by atoms with van der Waals surface area (Å²) < 4.78 is 16.0. The number of carbonyl (C=O) groups excluding carboxylic acids is 1. The van der Waals surface area contributed by atoms with Crippen molar-refractivity contribution in [3.05, 3.63) is 46.2 Å². The number of carbonyl (C=O) groups is 1. The quantitative estimate of drug-likeness (QED) is 0.751. The summed E-state index contributed by atoms with van der Waals surface area (Å²) in [6, 6.07) is 7.86. The normalized spacial score (nSPS) is 15.9. The maximum Gasteiger partial charge on any atom is 0.224 e. The van der Waals surface area contributed by atoms with Gasteiger partial charge in [-0.3, -0.25) is 9.69 Å². The van der Waals surface area contributed by atoms with E-state index in [2.05, 4.69) is 27.0 Å². The predicted octanol–water partition coefficient (Wildman–Crippen LogP) is 2.50. The van der Waals surface area contributed by atoms with Crippen LogP contribution < -0.4 is 14.8 Å². The molecule has 6 nitrogen and oxygen atoms in total. The molecule has 0 saturated carbocycles. The number of ether oxygens (including phenoxy) is 3. The van der Waals surface area contributed by atoms with Gasteiger partial charge in [-0.05, 0) is 40.1 Å². The molecule has 2 aromatic rings. The largest absolute Gasteiger partial charge is 0.493 e. The van der Waals surface area contributed by atoms with Crippen LogP contribution in [0.4, 0.5) is 0 Å². The van der Waals surface area contributed by atoms with Gasteiger partial charge >= 0.3 is 0 Å². The number of benzene rings is 1. The van der Waals surface area contributed by atoms with Gasteiger partial charge in [-0.25, -0.2) is 0 Å². The molecule has 7 heteroatoms. The summed E-state index contributed by atoms with van der Waals surface area (Å²) in [5.74, 6) is 1.29. The van der Waals surface area contributed by atoms with E-state index in [1.165, 1.54) is 5.56 Å². The van der Waals surface area contributed by atoms with Gasteiger partial charge in [0.05, 0.1) is 39.9 Å². The van der Waals surface area contributed by atoms with Crippen molar-refractivity contribution in [3.63, 3.8) is 0 Å². The van der Waals surface area contributed by atoms with Crippen molar-refractivity contribution in [3.8, 4) is 11.5 Å². The average molecular weight is 391 g/mol. The molecule has 1 aliphatic heterocycles. The fourth-order valence-corrected chi connectivity index (χ4v) is 3.97. The third-order valence-electron chi connectivity index (χ3n) is 4.72. The Kier molecular flexibility index (Phi) is 7.09. The third-order valence-corrected chi connectivity index (χ3v) is 5.42. The van der Waals surface area contributed by atoms with Crippen molar-refractivity contribution in [2.45, 2.75) is 12.5 Å². The minimum absolute atomic E-state index is 0.00397. The van der Waals surface area contributed by atoms with E-state index in [1.807, 2.05) is 18.2 Å². The maximum absolute atomic E-state index is 12.5. The second-order valence-corrected chi connectivity index (χ2v) is 7.17. The number of rotatable bonds is 8. The summed E-state index contributed by atoms with van der Waals surface area (Å²) >= 11 is 1.68. The Morgan fingerprint density at radius 2 is 2.00 bits per heavy atom. The molecule has 1 aromatic heterocycles. The van der Waals surface area contributed by atoms with Gasteiger partial charge in [0, 0.05) is 19.6 Å². The smallest absolute Gasteiger partial charge is 0.224 e. The molecule has 27 heavy (non-hydrogen) atoms. The number of methoxy groups -OCH3 is 2. The number of hydrogen-bond donors (Lipinski definition) is 1. The highest BCUT2D eigenvalue weighted by atomic mass is 32.1. The minimum Gasteiger partial charge on any atom is -0.493 e. The van der Waals surface area contributed by atoms with Crippen LogP contribution in [0.2, 0.25) is 0 Å². The van der Waals surface area contributed by atoms with Crippen LogP contribution in [0.1, 0.15) is 17.2 Å². The average Bonchev–Trinajstić information content (AvgIpc) is 3.23. The van der Waals surface area contributed by atoms with Crippen molar-refractivity contribution in [2.75, 3.05) is 47.1 Å². The molecule has 1 saturated heterocycles. The summed E-state index contributed by atoms with van der Waals surface area (Å²) in [7, 11) is 3.19. The predicted molar refractivity (Wildman–Crippen MR) is 106 cm³/mol. The van der Waals surface area contributed by atoms with Crippen LogP contribution in [0.25, 0.3) is 0 Å².